The summed E-state index contributed by atoms with van der Waals surface area (Å²) >= 11 is 0. The van der Waals surface area contributed by atoms with Crippen LogP contribution in [0.5, 0.6) is 0 Å². The van der Waals surface area contributed by atoms with Gasteiger partial charge in [-0.2, -0.15) is 0 Å². The highest BCUT2D eigenvalue weighted by molar-refractivity contribution is 5.74. The molecule has 2 N–H and O–H groups in total. The van der Waals surface area contributed by atoms with Crippen LogP contribution in [0.1, 0.15) is 13.3 Å². The number of hydrogen-bond donors (Lipinski definition) is 2. The van der Waals surface area contributed by atoms with E-state index in [2.05, 4.69) is 5.32 Å². The summed E-state index contributed by atoms with van der Waals surface area (Å²) in [5.41, 5.74) is 0. The molecule has 1 fully saturated rings. The zero-order valence-electron chi connectivity index (χ0n) is 11.6. The quantitative estimate of drug-likeness (QED) is 0.702. The van der Waals surface area contributed by atoms with E-state index in [-0.39, 0.29) is 18.6 Å². The molecule has 1 aliphatic rings. The van der Waals surface area contributed by atoms with Crippen LogP contribution in [-0.4, -0.2) is 79.4 Å². The molecule has 2 amide bonds. The van der Waals surface area contributed by atoms with Gasteiger partial charge in [-0.3, -0.25) is 9.69 Å². The minimum atomic E-state index is -0.828. The van der Waals surface area contributed by atoms with E-state index in [1.54, 1.807) is 12.0 Å². The maximum atomic E-state index is 11.9. The molecule has 7 nitrogen and oxygen atoms in total. The molecule has 0 spiro atoms. The number of hydrogen-bond acceptors (Lipinski definition) is 4. The highest BCUT2D eigenvalue weighted by Crippen LogP contribution is 2.03. The minimum Gasteiger partial charge on any atom is -0.480 e. The van der Waals surface area contributed by atoms with Crippen molar-refractivity contribution < 1.29 is 19.4 Å². The van der Waals surface area contributed by atoms with Gasteiger partial charge in [0.1, 0.15) is 0 Å². The van der Waals surface area contributed by atoms with E-state index in [9.17, 15) is 9.59 Å². The third-order valence-corrected chi connectivity index (χ3v) is 3.14. The van der Waals surface area contributed by atoms with E-state index >= 15 is 0 Å². The molecule has 1 heterocycles. The van der Waals surface area contributed by atoms with Crippen molar-refractivity contribution in [2.45, 2.75) is 19.4 Å². The van der Waals surface area contributed by atoms with Crippen molar-refractivity contribution in [3.63, 3.8) is 0 Å². The monoisotopic (exact) mass is 273 g/mol. The molecule has 1 unspecified atom stereocenters. The summed E-state index contributed by atoms with van der Waals surface area (Å²) in [6.45, 7) is 4.94. The fraction of sp³-hybridized carbons (Fsp3) is 0.833. The third-order valence-electron chi connectivity index (χ3n) is 3.14. The zero-order valence-corrected chi connectivity index (χ0v) is 11.6. The summed E-state index contributed by atoms with van der Waals surface area (Å²) < 4.78 is 4.96. The predicted octanol–water partition coefficient (Wildman–Crippen LogP) is -0.177. The highest BCUT2D eigenvalue weighted by atomic mass is 16.5. The molecule has 7 heteroatoms. The summed E-state index contributed by atoms with van der Waals surface area (Å²) in [5.74, 6) is -0.828. The first kappa shape index (κ1) is 15.7. The maximum Gasteiger partial charge on any atom is 0.317 e. The zero-order chi connectivity index (χ0) is 14.3. The van der Waals surface area contributed by atoms with Gasteiger partial charge in [-0.15, -0.1) is 0 Å². The van der Waals surface area contributed by atoms with Crippen LogP contribution in [-0.2, 0) is 9.53 Å². The normalized spacial score (nSPS) is 18.1. The van der Waals surface area contributed by atoms with Gasteiger partial charge in [0.2, 0.25) is 0 Å². The molecule has 0 aromatic heterocycles. The highest BCUT2D eigenvalue weighted by Gasteiger charge is 2.22. The Kier molecular flexibility index (Phi) is 6.58. The van der Waals surface area contributed by atoms with Gasteiger partial charge in [0, 0.05) is 45.9 Å². The largest absolute Gasteiger partial charge is 0.480 e. The lowest BCUT2D eigenvalue weighted by Gasteiger charge is -2.34. The summed E-state index contributed by atoms with van der Waals surface area (Å²) in [5, 5.41) is 11.6. The van der Waals surface area contributed by atoms with Crippen molar-refractivity contribution in [1.29, 1.82) is 0 Å². The fourth-order valence-corrected chi connectivity index (χ4v) is 1.97. The van der Waals surface area contributed by atoms with Crippen LogP contribution in [0.15, 0.2) is 0 Å². The number of aliphatic carboxylic acids is 1. The van der Waals surface area contributed by atoms with Gasteiger partial charge in [-0.25, -0.2) is 4.79 Å². The third kappa shape index (κ3) is 5.89. The van der Waals surface area contributed by atoms with Crippen molar-refractivity contribution in [3.8, 4) is 0 Å². The number of carboxylic acid groups (broad SMARTS) is 1. The lowest BCUT2D eigenvalue weighted by atomic mass is 10.2. The van der Waals surface area contributed by atoms with Gasteiger partial charge in [0.15, 0.2) is 0 Å². The predicted molar refractivity (Wildman–Crippen MR) is 70.1 cm³/mol. The van der Waals surface area contributed by atoms with Crippen LogP contribution in [0.3, 0.4) is 0 Å². The van der Waals surface area contributed by atoms with Crippen LogP contribution in [0.2, 0.25) is 0 Å². The number of carbonyl (C=O) groups is 2. The average molecular weight is 273 g/mol. The lowest BCUT2D eigenvalue weighted by molar-refractivity contribution is -0.138. The van der Waals surface area contributed by atoms with Gasteiger partial charge >= 0.3 is 12.0 Å². The minimum absolute atomic E-state index is 0.0414. The van der Waals surface area contributed by atoms with E-state index in [4.69, 9.17) is 9.84 Å². The molecule has 1 saturated heterocycles. The number of rotatable bonds is 6. The molecule has 1 aliphatic heterocycles. The van der Waals surface area contributed by atoms with Crippen LogP contribution in [0.4, 0.5) is 4.79 Å². The Morgan fingerprint density at radius 1 is 1.32 bits per heavy atom. The smallest absolute Gasteiger partial charge is 0.317 e. The number of carbonyl (C=O) groups excluding carboxylic acids is 1. The summed E-state index contributed by atoms with van der Waals surface area (Å²) in [7, 11) is 1.64. The van der Waals surface area contributed by atoms with Crippen molar-refractivity contribution in [2.75, 3.05) is 46.4 Å². The van der Waals surface area contributed by atoms with Crippen molar-refractivity contribution in [3.05, 3.63) is 0 Å². The number of nitrogens with zero attached hydrogens (tertiary/aromatic N) is 2. The Balaban J connectivity index is 2.26. The molecule has 19 heavy (non-hydrogen) atoms. The van der Waals surface area contributed by atoms with Crippen molar-refractivity contribution >= 4 is 12.0 Å². The SMILES string of the molecule is COCCC(C)NC(=O)N1CCN(CC(=O)O)CC1. The van der Waals surface area contributed by atoms with Crippen LogP contribution >= 0.6 is 0 Å². The molecule has 0 aliphatic carbocycles. The van der Waals surface area contributed by atoms with Gasteiger partial charge in [-0.1, -0.05) is 0 Å². The molecular formula is C12H23N3O4. The summed E-state index contributed by atoms with van der Waals surface area (Å²) in [4.78, 5) is 26.1. The summed E-state index contributed by atoms with van der Waals surface area (Å²) in [6, 6.07) is -0.0110. The molecule has 0 radical (unpaired) electrons. The second kappa shape index (κ2) is 7.96. The number of piperazine rings is 1. The number of amides is 2. The Labute approximate surface area is 113 Å². The van der Waals surface area contributed by atoms with Gasteiger partial charge in [-0.05, 0) is 13.3 Å². The second-order valence-corrected chi connectivity index (χ2v) is 4.79. The maximum absolute atomic E-state index is 11.9. The molecule has 1 rings (SSSR count). The Bertz CT molecular complexity index is 303. The second-order valence-electron chi connectivity index (χ2n) is 4.79. The standard InChI is InChI=1S/C12H23N3O4/c1-10(3-8-19-2)13-12(18)15-6-4-14(5-7-15)9-11(16)17/h10H,3-9H2,1-2H3,(H,13,18)(H,16,17). The number of carboxylic acids is 1. The first-order valence-electron chi connectivity index (χ1n) is 6.51. The summed E-state index contributed by atoms with van der Waals surface area (Å²) in [6.07, 6.45) is 0.779. The molecule has 1 atom stereocenters. The topological polar surface area (TPSA) is 82.1 Å². The van der Waals surface area contributed by atoms with Gasteiger partial charge in [0.05, 0.1) is 6.54 Å². The molecule has 0 aromatic rings. The van der Waals surface area contributed by atoms with Crippen LogP contribution in [0.25, 0.3) is 0 Å². The Hall–Kier alpha value is -1.34. The fourth-order valence-electron chi connectivity index (χ4n) is 1.97. The lowest BCUT2D eigenvalue weighted by Crippen LogP contribution is -2.53. The van der Waals surface area contributed by atoms with E-state index in [1.807, 2.05) is 11.8 Å². The van der Waals surface area contributed by atoms with Crippen molar-refractivity contribution in [2.24, 2.45) is 0 Å². The number of methoxy groups -OCH3 is 1. The van der Waals surface area contributed by atoms with Crippen LogP contribution in [0, 0.1) is 0 Å². The first-order chi connectivity index (χ1) is 9.02. The van der Waals surface area contributed by atoms with E-state index in [0.717, 1.165) is 6.42 Å². The van der Waals surface area contributed by atoms with E-state index in [1.165, 1.54) is 0 Å². The molecule has 0 aromatic carbocycles. The number of urea groups is 1. The van der Waals surface area contributed by atoms with Crippen LogP contribution < -0.4 is 5.32 Å². The van der Waals surface area contributed by atoms with Gasteiger partial charge in [0.25, 0.3) is 0 Å². The van der Waals surface area contributed by atoms with Gasteiger partial charge < -0.3 is 20.1 Å². The Morgan fingerprint density at radius 2 is 1.95 bits per heavy atom. The first-order valence-corrected chi connectivity index (χ1v) is 6.51. The van der Waals surface area contributed by atoms with E-state index < -0.39 is 5.97 Å². The molecule has 0 bridgehead atoms. The average Bonchev–Trinajstić information content (AvgIpc) is 2.36. The molecular weight excluding hydrogens is 250 g/mol. The molecule has 110 valence electrons. The number of ether oxygens (including phenoxy) is 1. The molecule has 0 saturated carbocycles. The van der Waals surface area contributed by atoms with E-state index in [0.29, 0.717) is 32.8 Å². The van der Waals surface area contributed by atoms with Crippen molar-refractivity contribution in [1.82, 2.24) is 15.1 Å². The Morgan fingerprint density at radius 3 is 2.47 bits per heavy atom. The number of nitrogens with one attached hydrogen (secondary N) is 1.